The highest BCUT2D eigenvalue weighted by atomic mass is 32.2. The minimum absolute atomic E-state index is 0.0694. The molecule has 0 saturated carbocycles. The molecule has 0 aliphatic carbocycles. The van der Waals surface area contributed by atoms with Gasteiger partial charge in [0.1, 0.15) is 10.6 Å². The molecule has 1 unspecified atom stereocenters. The first kappa shape index (κ1) is 23.9. The molecule has 1 aromatic carbocycles. The van der Waals surface area contributed by atoms with Crippen molar-refractivity contribution in [1.82, 2.24) is 9.46 Å². The Morgan fingerprint density at radius 2 is 1.97 bits per heavy atom. The lowest BCUT2D eigenvalue weighted by atomic mass is 9.98. The van der Waals surface area contributed by atoms with Crippen molar-refractivity contribution >= 4 is 27.6 Å². The van der Waals surface area contributed by atoms with Gasteiger partial charge in [0.25, 0.3) is 0 Å². The Balaban J connectivity index is 1.63. The standard InChI is InChI=1S/C22H29N3O6S/c1-4-5-13-30-22(27)17-8-10-19(11-9-17)23-21(26)18-7-6-12-25(14-18)32(28,29)20-15(2)24-31-16(20)3/h8-11,18H,4-7,12-14H2,1-3H3,(H,23,26). The van der Waals surface area contributed by atoms with Gasteiger partial charge in [-0.25, -0.2) is 13.2 Å². The molecule has 0 spiro atoms. The van der Waals surface area contributed by atoms with Crippen LogP contribution in [0.15, 0.2) is 33.7 Å². The van der Waals surface area contributed by atoms with Crippen LogP contribution in [0.3, 0.4) is 0 Å². The van der Waals surface area contributed by atoms with E-state index < -0.39 is 21.9 Å². The number of amides is 1. The van der Waals surface area contributed by atoms with E-state index in [0.717, 1.165) is 12.8 Å². The van der Waals surface area contributed by atoms with Gasteiger partial charge in [0, 0.05) is 18.8 Å². The number of sulfonamides is 1. The SMILES string of the molecule is CCCCOC(=O)c1ccc(NC(=O)C2CCCN(S(=O)(=O)c3c(C)noc3C)C2)cc1. The van der Waals surface area contributed by atoms with Gasteiger partial charge in [-0.1, -0.05) is 18.5 Å². The van der Waals surface area contributed by atoms with Crippen LogP contribution < -0.4 is 5.32 Å². The average molecular weight is 464 g/mol. The molecule has 1 N–H and O–H groups in total. The van der Waals surface area contributed by atoms with Crippen molar-refractivity contribution in [3.8, 4) is 0 Å². The van der Waals surface area contributed by atoms with E-state index >= 15 is 0 Å². The summed E-state index contributed by atoms with van der Waals surface area (Å²) in [6.07, 6.45) is 2.91. The molecule has 0 radical (unpaired) electrons. The number of rotatable bonds is 8. The highest BCUT2D eigenvalue weighted by molar-refractivity contribution is 7.89. The Kier molecular flexibility index (Phi) is 7.68. The van der Waals surface area contributed by atoms with Crippen molar-refractivity contribution < 1.29 is 27.3 Å². The number of esters is 1. The van der Waals surface area contributed by atoms with Crippen LogP contribution in [0.5, 0.6) is 0 Å². The first-order valence-corrected chi connectivity index (χ1v) is 12.2. The van der Waals surface area contributed by atoms with Gasteiger partial charge in [-0.05, 0) is 57.4 Å². The Labute approximate surface area is 188 Å². The fourth-order valence-corrected chi connectivity index (χ4v) is 5.49. The summed E-state index contributed by atoms with van der Waals surface area (Å²) in [7, 11) is -3.80. The van der Waals surface area contributed by atoms with E-state index in [0.29, 0.717) is 42.9 Å². The van der Waals surface area contributed by atoms with E-state index in [2.05, 4.69) is 10.5 Å². The molecule has 10 heteroatoms. The predicted octanol–water partition coefficient (Wildman–Crippen LogP) is 3.29. The van der Waals surface area contributed by atoms with Gasteiger partial charge in [-0.15, -0.1) is 0 Å². The second-order valence-corrected chi connectivity index (χ2v) is 9.79. The Morgan fingerprint density at radius 3 is 2.59 bits per heavy atom. The molecule has 1 aliphatic heterocycles. The second kappa shape index (κ2) is 10.3. The minimum atomic E-state index is -3.80. The van der Waals surface area contributed by atoms with Crippen molar-refractivity contribution in [3.05, 3.63) is 41.3 Å². The summed E-state index contributed by atoms with van der Waals surface area (Å²) in [4.78, 5) is 24.9. The zero-order chi connectivity index (χ0) is 23.3. The van der Waals surface area contributed by atoms with Crippen molar-refractivity contribution in [2.24, 2.45) is 5.92 Å². The first-order chi connectivity index (χ1) is 15.2. The van der Waals surface area contributed by atoms with Crippen molar-refractivity contribution in [3.63, 3.8) is 0 Å². The quantitative estimate of drug-likeness (QED) is 0.471. The van der Waals surface area contributed by atoms with Crippen LogP contribution in [0.25, 0.3) is 0 Å². The number of unbranched alkanes of at least 4 members (excludes halogenated alkanes) is 1. The van der Waals surface area contributed by atoms with Crippen molar-refractivity contribution in [2.75, 3.05) is 25.0 Å². The highest BCUT2D eigenvalue weighted by Crippen LogP contribution is 2.28. The lowest BCUT2D eigenvalue weighted by Gasteiger charge is -2.31. The molecule has 9 nitrogen and oxygen atoms in total. The number of hydrogen-bond donors (Lipinski definition) is 1. The molecule has 3 rings (SSSR count). The fourth-order valence-electron chi connectivity index (χ4n) is 3.67. The van der Waals surface area contributed by atoms with Gasteiger partial charge in [0.05, 0.1) is 18.1 Å². The summed E-state index contributed by atoms with van der Waals surface area (Å²) in [6.45, 7) is 5.96. The number of aryl methyl sites for hydroxylation is 2. The number of anilines is 1. The molecule has 2 aromatic rings. The monoisotopic (exact) mass is 463 g/mol. The highest BCUT2D eigenvalue weighted by Gasteiger charge is 2.36. The number of benzene rings is 1. The summed E-state index contributed by atoms with van der Waals surface area (Å²) in [5.74, 6) is -0.911. The number of hydrogen-bond acceptors (Lipinski definition) is 7. The maximum Gasteiger partial charge on any atom is 0.338 e. The largest absolute Gasteiger partial charge is 0.462 e. The first-order valence-electron chi connectivity index (χ1n) is 10.7. The molecule has 32 heavy (non-hydrogen) atoms. The number of carbonyl (C=O) groups excluding carboxylic acids is 2. The molecular formula is C22H29N3O6S. The van der Waals surface area contributed by atoms with E-state index in [9.17, 15) is 18.0 Å². The molecule has 174 valence electrons. The van der Waals surface area contributed by atoms with Crippen LogP contribution in [0.1, 0.15) is 54.4 Å². The normalized spacial score (nSPS) is 17.2. The van der Waals surface area contributed by atoms with Crippen molar-refractivity contribution in [2.45, 2.75) is 51.3 Å². The van der Waals surface area contributed by atoms with Gasteiger partial charge in [0.15, 0.2) is 5.76 Å². The van der Waals surface area contributed by atoms with Crippen LogP contribution in [0.4, 0.5) is 5.69 Å². The fraction of sp³-hybridized carbons (Fsp3) is 0.500. The molecule has 1 amide bonds. The lowest BCUT2D eigenvalue weighted by Crippen LogP contribution is -2.43. The van der Waals surface area contributed by atoms with Gasteiger partial charge in [-0.3, -0.25) is 4.79 Å². The Hall–Kier alpha value is -2.72. The van der Waals surface area contributed by atoms with Gasteiger partial charge in [0.2, 0.25) is 15.9 Å². The van der Waals surface area contributed by atoms with Crippen molar-refractivity contribution in [1.29, 1.82) is 0 Å². The molecule has 0 bridgehead atoms. The summed E-state index contributed by atoms with van der Waals surface area (Å²) >= 11 is 0. The maximum absolute atomic E-state index is 13.1. The zero-order valence-electron chi connectivity index (χ0n) is 18.6. The number of nitrogens with one attached hydrogen (secondary N) is 1. The van der Waals surface area contributed by atoms with Gasteiger partial charge in [-0.2, -0.15) is 4.31 Å². The molecule has 2 heterocycles. The topological polar surface area (TPSA) is 119 Å². The summed E-state index contributed by atoms with van der Waals surface area (Å²) in [6, 6.07) is 6.46. The van der Waals surface area contributed by atoms with E-state index in [1.807, 2.05) is 6.92 Å². The third kappa shape index (κ3) is 5.36. The third-order valence-corrected chi connectivity index (χ3v) is 7.55. The van der Waals surface area contributed by atoms with E-state index in [1.165, 1.54) is 4.31 Å². The number of nitrogens with zero attached hydrogens (tertiary/aromatic N) is 2. The summed E-state index contributed by atoms with van der Waals surface area (Å²) < 4.78 is 37.6. The van der Waals surface area contributed by atoms with Crippen LogP contribution in [0, 0.1) is 19.8 Å². The average Bonchev–Trinajstić information content (AvgIpc) is 3.13. The number of piperidine rings is 1. The maximum atomic E-state index is 13.1. The summed E-state index contributed by atoms with van der Waals surface area (Å²) in [5.41, 5.74) is 1.25. The van der Waals surface area contributed by atoms with E-state index in [1.54, 1.807) is 38.1 Å². The number of aromatic nitrogens is 1. The van der Waals surface area contributed by atoms with Gasteiger partial charge >= 0.3 is 5.97 Å². The number of carbonyl (C=O) groups is 2. The predicted molar refractivity (Wildman–Crippen MR) is 118 cm³/mol. The minimum Gasteiger partial charge on any atom is -0.462 e. The molecule has 1 fully saturated rings. The van der Waals surface area contributed by atoms with Gasteiger partial charge < -0.3 is 14.6 Å². The Morgan fingerprint density at radius 1 is 1.25 bits per heavy atom. The molecule has 1 aromatic heterocycles. The van der Waals surface area contributed by atoms with E-state index in [-0.39, 0.29) is 23.1 Å². The van der Waals surface area contributed by atoms with Crippen LogP contribution in [0.2, 0.25) is 0 Å². The van der Waals surface area contributed by atoms with Crippen LogP contribution in [-0.2, 0) is 19.6 Å². The summed E-state index contributed by atoms with van der Waals surface area (Å²) in [5, 5.41) is 6.55. The van der Waals surface area contributed by atoms with E-state index in [4.69, 9.17) is 9.26 Å². The zero-order valence-corrected chi connectivity index (χ0v) is 19.4. The van der Waals surface area contributed by atoms with Crippen LogP contribution in [-0.4, -0.2) is 49.5 Å². The molecule has 1 atom stereocenters. The number of ether oxygens (including phenoxy) is 1. The molecular weight excluding hydrogens is 434 g/mol. The lowest BCUT2D eigenvalue weighted by molar-refractivity contribution is -0.120. The smallest absolute Gasteiger partial charge is 0.338 e. The van der Waals surface area contributed by atoms with Crippen LogP contribution >= 0.6 is 0 Å². The molecule has 1 aliphatic rings. The Bertz CT molecular complexity index is 1040. The molecule has 1 saturated heterocycles. The second-order valence-electron chi connectivity index (χ2n) is 7.91. The third-order valence-electron chi connectivity index (χ3n) is 5.44.